The minimum atomic E-state index is -1.31. The van der Waals surface area contributed by atoms with Gasteiger partial charge in [-0.05, 0) is 18.6 Å². The molecule has 1 aliphatic heterocycles. The first-order valence-electron chi connectivity index (χ1n) is 6.31. The van der Waals surface area contributed by atoms with Gasteiger partial charge in [-0.2, -0.15) is 0 Å². The first kappa shape index (κ1) is 13.5. The number of Topliss-reactive ketones (excluding diaryl/α,β-unsaturated/α-hetero) is 2. The fraction of sp³-hybridized carbons (Fsp3) is 0.286. The van der Waals surface area contributed by atoms with Crippen LogP contribution in [0.4, 0.5) is 8.78 Å². The van der Waals surface area contributed by atoms with Crippen LogP contribution in [0.1, 0.15) is 33.6 Å². The van der Waals surface area contributed by atoms with Gasteiger partial charge in [0.2, 0.25) is 11.8 Å². The van der Waals surface area contributed by atoms with Crippen molar-refractivity contribution in [3.05, 3.63) is 34.9 Å². The van der Waals surface area contributed by atoms with Crippen LogP contribution in [0.5, 0.6) is 0 Å². The molecular formula is C14H9F2NO4. The van der Waals surface area contributed by atoms with Crippen molar-refractivity contribution in [3.8, 4) is 0 Å². The SMILES string of the molecule is O=C1CCC(C2C(=O)c3cc(F)c(F)cc3C2=O)C(=O)N1. The lowest BCUT2D eigenvalue weighted by Crippen LogP contribution is -2.46. The zero-order valence-electron chi connectivity index (χ0n) is 10.6. The van der Waals surface area contributed by atoms with Crippen LogP contribution >= 0.6 is 0 Å². The number of ketones is 2. The van der Waals surface area contributed by atoms with E-state index in [0.717, 1.165) is 0 Å². The molecule has 5 nitrogen and oxygen atoms in total. The third-order valence-electron chi connectivity index (χ3n) is 3.84. The van der Waals surface area contributed by atoms with Gasteiger partial charge in [-0.1, -0.05) is 0 Å². The lowest BCUT2D eigenvalue weighted by atomic mass is 9.82. The summed E-state index contributed by atoms with van der Waals surface area (Å²) in [6.45, 7) is 0. The summed E-state index contributed by atoms with van der Waals surface area (Å²) in [5.41, 5.74) is -0.429. The van der Waals surface area contributed by atoms with Crippen molar-refractivity contribution in [2.24, 2.45) is 11.8 Å². The molecule has 1 aliphatic carbocycles. The van der Waals surface area contributed by atoms with Crippen molar-refractivity contribution in [1.29, 1.82) is 0 Å². The summed E-state index contributed by atoms with van der Waals surface area (Å²) in [6, 6.07) is 1.35. The molecule has 1 unspecified atom stereocenters. The van der Waals surface area contributed by atoms with Crippen molar-refractivity contribution < 1.29 is 28.0 Å². The molecule has 3 rings (SSSR count). The highest BCUT2D eigenvalue weighted by Crippen LogP contribution is 2.35. The molecule has 1 N–H and O–H groups in total. The summed E-state index contributed by atoms with van der Waals surface area (Å²) in [5, 5.41) is 2.07. The number of benzene rings is 1. The maximum absolute atomic E-state index is 13.2. The topological polar surface area (TPSA) is 80.3 Å². The molecule has 0 radical (unpaired) electrons. The van der Waals surface area contributed by atoms with Crippen molar-refractivity contribution in [1.82, 2.24) is 5.32 Å². The Morgan fingerprint density at radius 3 is 1.95 bits per heavy atom. The Morgan fingerprint density at radius 1 is 0.952 bits per heavy atom. The van der Waals surface area contributed by atoms with Crippen LogP contribution in [-0.2, 0) is 9.59 Å². The van der Waals surface area contributed by atoms with Gasteiger partial charge in [0.25, 0.3) is 0 Å². The van der Waals surface area contributed by atoms with Crippen LogP contribution in [0.2, 0.25) is 0 Å². The molecule has 1 aromatic rings. The average Bonchev–Trinajstić information content (AvgIpc) is 2.64. The van der Waals surface area contributed by atoms with E-state index in [9.17, 15) is 28.0 Å². The quantitative estimate of drug-likeness (QED) is 0.619. The van der Waals surface area contributed by atoms with Crippen LogP contribution in [0, 0.1) is 23.5 Å². The molecule has 1 fully saturated rings. The molecule has 0 bridgehead atoms. The summed E-state index contributed by atoms with van der Waals surface area (Å²) in [4.78, 5) is 47.3. The molecule has 21 heavy (non-hydrogen) atoms. The molecular weight excluding hydrogens is 284 g/mol. The summed E-state index contributed by atoms with van der Waals surface area (Å²) in [6.07, 6.45) is 0.0816. The second-order valence-corrected chi connectivity index (χ2v) is 5.08. The number of fused-ring (bicyclic) bond motifs is 1. The molecule has 2 aliphatic rings. The number of hydrogen-bond acceptors (Lipinski definition) is 4. The molecule has 1 heterocycles. The number of hydrogen-bond donors (Lipinski definition) is 1. The number of piperidine rings is 1. The predicted octanol–water partition coefficient (Wildman–Crippen LogP) is 1.01. The van der Waals surface area contributed by atoms with E-state index in [1.54, 1.807) is 0 Å². The second-order valence-electron chi connectivity index (χ2n) is 5.08. The zero-order chi connectivity index (χ0) is 15.3. The molecule has 1 atom stereocenters. The predicted molar refractivity (Wildman–Crippen MR) is 64.4 cm³/mol. The minimum absolute atomic E-state index is 0.0204. The van der Waals surface area contributed by atoms with Gasteiger partial charge in [0.05, 0.1) is 11.8 Å². The van der Waals surface area contributed by atoms with E-state index in [0.29, 0.717) is 12.1 Å². The molecule has 7 heteroatoms. The van der Waals surface area contributed by atoms with Gasteiger partial charge in [-0.15, -0.1) is 0 Å². The second kappa shape index (κ2) is 4.54. The summed E-state index contributed by atoms with van der Waals surface area (Å²) in [5.74, 6) is -7.32. The Kier molecular flexibility index (Phi) is 2.93. The van der Waals surface area contributed by atoms with Gasteiger partial charge in [0, 0.05) is 17.5 Å². The first-order chi connectivity index (χ1) is 9.90. The Hall–Kier alpha value is -2.44. The van der Waals surface area contributed by atoms with Crippen LogP contribution in [-0.4, -0.2) is 23.4 Å². The maximum atomic E-state index is 13.2. The molecule has 108 valence electrons. The van der Waals surface area contributed by atoms with Gasteiger partial charge in [-0.3, -0.25) is 24.5 Å². The number of nitrogens with one attached hydrogen (secondary N) is 1. The number of carbonyl (C=O) groups is 4. The fourth-order valence-corrected chi connectivity index (χ4v) is 2.80. The Bertz CT molecular complexity index is 672. The lowest BCUT2D eigenvalue weighted by molar-refractivity contribution is -0.137. The van der Waals surface area contributed by atoms with E-state index in [1.165, 1.54) is 0 Å². The molecule has 2 amide bonds. The Balaban J connectivity index is 2.00. The van der Waals surface area contributed by atoms with Gasteiger partial charge in [0.1, 0.15) is 0 Å². The van der Waals surface area contributed by atoms with E-state index in [-0.39, 0.29) is 24.0 Å². The Morgan fingerprint density at radius 2 is 1.48 bits per heavy atom. The van der Waals surface area contributed by atoms with E-state index in [4.69, 9.17) is 0 Å². The normalized spacial score (nSPS) is 22.5. The van der Waals surface area contributed by atoms with Gasteiger partial charge >= 0.3 is 0 Å². The largest absolute Gasteiger partial charge is 0.296 e. The summed E-state index contributed by atoms with van der Waals surface area (Å²) >= 11 is 0. The number of rotatable bonds is 1. The van der Waals surface area contributed by atoms with E-state index in [1.807, 2.05) is 0 Å². The van der Waals surface area contributed by atoms with Crippen molar-refractivity contribution >= 4 is 23.4 Å². The Labute approximate surface area is 117 Å². The first-order valence-corrected chi connectivity index (χ1v) is 6.31. The standard InChI is InChI=1S/C14H9F2NO4/c15-8-3-6-7(4-9(8)16)13(20)11(12(6)19)5-1-2-10(18)17-14(5)21/h3-5,11H,1-2H2,(H,17,18,21). The highest BCUT2D eigenvalue weighted by atomic mass is 19.2. The fourth-order valence-electron chi connectivity index (χ4n) is 2.80. The molecule has 1 saturated heterocycles. The van der Waals surface area contributed by atoms with Crippen molar-refractivity contribution in [2.75, 3.05) is 0 Å². The van der Waals surface area contributed by atoms with Crippen molar-refractivity contribution in [2.45, 2.75) is 12.8 Å². The van der Waals surface area contributed by atoms with Gasteiger partial charge < -0.3 is 0 Å². The van der Waals surface area contributed by atoms with Gasteiger partial charge in [0.15, 0.2) is 23.2 Å². The third-order valence-corrected chi connectivity index (χ3v) is 3.84. The van der Waals surface area contributed by atoms with E-state index < -0.39 is 46.9 Å². The van der Waals surface area contributed by atoms with E-state index >= 15 is 0 Å². The number of imide groups is 1. The zero-order valence-corrected chi connectivity index (χ0v) is 10.6. The van der Waals surface area contributed by atoms with Crippen LogP contribution in [0.25, 0.3) is 0 Å². The number of carbonyl (C=O) groups excluding carboxylic acids is 4. The van der Waals surface area contributed by atoms with Crippen LogP contribution in [0.15, 0.2) is 12.1 Å². The minimum Gasteiger partial charge on any atom is -0.296 e. The lowest BCUT2D eigenvalue weighted by Gasteiger charge is -2.23. The highest BCUT2D eigenvalue weighted by Gasteiger charge is 2.47. The monoisotopic (exact) mass is 293 g/mol. The molecule has 0 aromatic heterocycles. The third kappa shape index (κ3) is 1.96. The van der Waals surface area contributed by atoms with Crippen molar-refractivity contribution in [3.63, 3.8) is 0 Å². The summed E-state index contributed by atoms with van der Waals surface area (Å²) < 4.78 is 26.4. The molecule has 1 aromatic carbocycles. The number of amides is 2. The average molecular weight is 293 g/mol. The number of halogens is 2. The van der Waals surface area contributed by atoms with Crippen LogP contribution in [0.3, 0.4) is 0 Å². The van der Waals surface area contributed by atoms with E-state index in [2.05, 4.69) is 5.32 Å². The smallest absolute Gasteiger partial charge is 0.230 e. The maximum Gasteiger partial charge on any atom is 0.230 e. The summed E-state index contributed by atoms with van der Waals surface area (Å²) in [7, 11) is 0. The molecule has 0 spiro atoms. The van der Waals surface area contributed by atoms with Gasteiger partial charge in [-0.25, -0.2) is 8.78 Å². The van der Waals surface area contributed by atoms with Crippen LogP contribution < -0.4 is 5.32 Å². The highest BCUT2D eigenvalue weighted by molar-refractivity contribution is 6.28. The molecule has 0 saturated carbocycles.